The fourth-order valence-corrected chi connectivity index (χ4v) is 3.46. The van der Waals surface area contributed by atoms with Gasteiger partial charge in [-0.25, -0.2) is 0 Å². The molecule has 0 fully saturated rings. The van der Waals surface area contributed by atoms with Gasteiger partial charge in [-0.3, -0.25) is 9.59 Å². The molecule has 4 heteroatoms. The second-order valence-electron chi connectivity index (χ2n) is 6.18. The van der Waals surface area contributed by atoms with Crippen LogP contribution < -0.4 is 0 Å². The number of thioether (sulfide) groups is 1. The highest BCUT2D eigenvalue weighted by molar-refractivity contribution is 8.13. The minimum Gasteiger partial charge on any atom is -0.469 e. The van der Waals surface area contributed by atoms with Crippen molar-refractivity contribution < 1.29 is 14.3 Å². The summed E-state index contributed by atoms with van der Waals surface area (Å²) in [4.78, 5) is 23.9. The molecule has 2 atom stereocenters. The summed E-state index contributed by atoms with van der Waals surface area (Å²) >= 11 is 1.35. The Kier molecular flexibility index (Phi) is 7.26. The van der Waals surface area contributed by atoms with Gasteiger partial charge in [0.2, 0.25) is 0 Å². The van der Waals surface area contributed by atoms with Crippen LogP contribution >= 0.6 is 11.8 Å². The van der Waals surface area contributed by atoms with E-state index in [4.69, 9.17) is 4.74 Å². The third kappa shape index (κ3) is 5.75. The van der Waals surface area contributed by atoms with Gasteiger partial charge in [-0.1, -0.05) is 80.2 Å². The third-order valence-corrected chi connectivity index (χ3v) is 5.32. The van der Waals surface area contributed by atoms with Gasteiger partial charge in [-0.15, -0.1) is 0 Å². The van der Waals surface area contributed by atoms with E-state index >= 15 is 0 Å². The largest absolute Gasteiger partial charge is 0.469 e. The summed E-state index contributed by atoms with van der Waals surface area (Å²) < 4.78 is 4.75. The maximum atomic E-state index is 12.4. The van der Waals surface area contributed by atoms with Gasteiger partial charge in [-0.05, 0) is 23.1 Å². The summed E-state index contributed by atoms with van der Waals surface area (Å²) in [5.41, 5.74) is 3.22. The lowest BCUT2D eigenvalue weighted by molar-refractivity contribution is -0.144. The Morgan fingerprint density at radius 3 is 2.20 bits per heavy atom. The molecule has 0 unspecified atom stereocenters. The standard InChI is InChI=1S/C21H24O3S/c1-15(20(22)24-3)13-17-9-11-19(12-10-17)16(2)21(23)25-14-18-7-5-4-6-8-18/h4-12,15-16H,13-14H2,1-3H3/t15-,16+/m0/s1. The molecule has 2 aromatic rings. The van der Waals surface area contributed by atoms with Crippen molar-refractivity contribution >= 4 is 22.8 Å². The number of ether oxygens (including phenoxy) is 1. The number of esters is 1. The van der Waals surface area contributed by atoms with E-state index in [9.17, 15) is 9.59 Å². The Balaban J connectivity index is 1.91. The summed E-state index contributed by atoms with van der Waals surface area (Å²) in [6, 6.07) is 17.9. The van der Waals surface area contributed by atoms with Gasteiger partial charge in [0, 0.05) is 5.75 Å². The van der Waals surface area contributed by atoms with Gasteiger partial charge in [0.25, 0.3) is 0 Å². The maximum Gasteiger partial charge on any atom is 0.308 e. The summed E-state index contributed by atoms with van der Waals surface area (Å²) in [6.07, 6.45) is 0.637. The zero-order valence-electron chi connectivity index (χ0n) is 14.9. The van der Waals surface area contributed by atoms with Crippen LogP contribution in [-0.2, 0) is 26.5 Å². The van der Waals surface area contributed by atoms with Crippen LogP contribution in [0.3, 0.4) is 0 Å². The molecule has 0 aliphatic heterocycles. The molecule has 0 saturated heterocycles. The Bertz CT molecular complexity index is 695. The molecule has 0 N–H and O–H groups in total. The van der Waals surface area contributed by atoms with E-state index in [0.29, 0.717) is 12.2 Å². The summed E-state index contributed by atoms with van der Waals surface area (Å²) in [5, 5.41) is 0.166. The van der Waals surface area contributed by atoms with Crippen molar-refractivity contribution in [3.05, 3.63) is 71.3 Å². The number of hydrogen-bond acceptors (Lipinski definition) is 4. The number of hydrogen-bond donors (Lipinski definition) is 0. The van der Waals surface area contributed by atoms with Crippen molar-refractivity contribution in [1.82, 2.24) is 0 Å². The number of methoxy groups -OCH3 is 1. The molecule has 132 valence electrons. The molecule has 0 saturated carbocycles. The van der Waals surface area contributed by atoms with Gasteiger partial charge in [0.1, 0.15) is 0 Å². The van der Waals surface area contributed by atoms with E-state index < -0.39 is 0 Å². The van der Waals surface area contributed by atoms with Crippen LogP contribution in [0.25, 0.3) is 0 Å². The quantitative estimate of drug-likeness (QED) is 0.680. The fraction of sp³-hybridized carbons (Fsp3) is 0.333. The molecule has 0 heterocycles. The number of carbonyl (C=O) groups excluding carboxylic acids is 2. The van der Waals surface area contributed by atoms with Gasteiger partial charge in [0.15, 0.2) is 5.12 Å². The average molecular weight is 356 g/mol. The summed E-state index contributed by atoms with van der Waals surface area (Å²) in [6.45, 7) is 3.79. The number of carbonyl (C=O) groups is 2. The highest BCUT2D eigenvalue weighted by atomic mass is 32.2. The molecular weight excluding hydrogens is 332 g/mol. The molecule has 0 bridgehead atoms. The van der Waals surface area contributed by atoms with E-state index in [1.807, 2.05) is 68.4 Å². The average Bonchev–Trinajstić information content (AvgIpc) is 2.66. The number of rotatable bonds is 7. The SMILES string of the molecule is COC(=O)[C@@H](C)Cc1ccc([C@@H](C)C(=O)SCc2ccccc2)cc1. The predicted molar refractivity (Wildman–Crippen MR) is 102 cm³/mol. The monoisotopic (exact) mass is 356 g/mol. The predicted octanol–water partition coefficient (Wildman–Crippen LogP) is 4.60. The molecule has 25 heavy (non-hydrogen) atoms. The van der Waals surface area contributed by atoms with E-state index in [1.165, 1.54) is 18.9 Å². The zero-order chi connectivity index (χ0) is 18.2. The third-order valence-electron chi connectivity index (χ3n) is 4.20. The molecule has 0 aliphatic rings. The first-order chi connectivity index (χ1) is 12.0. The second kappa shape index (κ2) is 9.42. The van der Waals surface area contributed by atoms with Crippen LogP contribution in [0.15, 0.2) is 54.6 Å². The molecule has 0 radical (unpaired) electrons. The first-order valence-corrected chi connectivity index (χ1v) is 9.37. The molecule has 2 aromatic carbocycles. The molecule has 0 amide bonds. The van der Waals surface area contributed by atoms with E-state index in [1.54, 1.807) is 0 Å². The van der Waals surface area contributed by atoms with Crippen molar-refractivity contribution in [3.63, 3.8) is 0 Å². The molecular formula is C21H24O3S. The fourth-order valence-electron chi connectivity index (χ4n) is 2.57. The van der Waals surface area contributed by atoms with E-state index in [2.05, 4.69) is 0 Å². The molecule has 3 nitrogen and oxygen atoms in total. The lowest BCUT2D eigenvalue weighted by atomic mass is 9.97. The van der Waals surface area contributed by atoms with Crippen molar-refractivity contribution in [3.8, 4) is 0 Å². The second-order valence-corrected chi connectivity index (χ2v) is 7.16. The van der Waals surface area contributed by atoms with Crippen molar-refractivity contribution in [2.24, 2.45) is 5.92 Å². The smallest absolute Gasteiger partial charge is 0.308 e. The van der Waals surface area contributed by atoms with Gasteiger partial charge < -0.3 is 4.74 Å². The van der Waals surface area contributed by atoms with Crippen molar-refractivity contribution in [1.29, 1.82) is 0 Å². The highest BCUT2D eigenvalue weighted by Gasteiger charge is 2.17. The van der Waals surface area contributed by atoms with Crippen LogP contribution in [0, 0.1) is 5.92 Å². The highest BCUT2D eigenvalue weighted by Crippen LogP contribution is 2.25. The first-order valence-electron chi connectivity index (χ1n) is 8.38. The molecule has 2 rings (SSSR count). The summed E-state index contributed by atoms with van der Waals surface area (Å²) in [5.74, 6) is 0.167. The van der Waals surface area contributed by atoms with Gasteiger partial charge in [-0.2, -0.15) is 0 Å². The van der Waals surface area contributed by atoms with Crippen molar-refractivity contribution in [2.45, 2.75) is 31.9 Å². The Morgan fingerprint density at radius 2 is 1.60 bits per heavy atom. The lowest BCUT2D eigenvalue weighted by Gasteiger charge is -2.13. The van der Waals surface area contributed by atoms with Gasteiger partial charge in [0.05, 0.1) is 18.9 Å². The molecule has 0 aromatic heterocycles. The van der Waals surface area contributed by atoms with Gasteiger partial charge >= 0.3 is 5.97 Å². The van der Waals surface area contributed by atoms with Crippen LogP contribution in [0.4, 0.5) is 0 Å². The first kappa shape index (κ1) is 19.3. The Morgan fingerprint density at radius 1 is 0.960 bits per heavy atom. The maximum absolute atomic E-state index is 12.4. The van der Waals surface area contributed by atoms with E-state index in [0.717, 1.165) is 16.7 Å². The minimum absolute atomic E-state index is 0.152. The molecule has 0 spiro atoms. The van der Waals surface area contributed by atoms with Crippen LogP contribution in [-0.4, -0.2) is 18.2 Å². The minimum atomic E-state index is -0.204. The van der Waals surface area contributed by atoms with E-state index in [-0.39, 0.29) is 22.9 Å². The summed E-state index contributed by atoms with van der Waals surface area (Å²) in [7, 11) is 1.41. The normalized spacial score (nSPS) is 13.1. The Hall–Kier alpha value is -2.07. The lowest BCUT2D eigenvalue weighted by Crippen LogP contribution is -2.15. The van der Waals surface area contributed by atoms with Crippen LogP contribution in [0.1, 0.15) is 36.5 Å². The van der Waals surface area contributed by atoms with Crippen LogP contribution in [0.2, 0.25) is 0 Å². The zero-order valence-corrected chi connectivity index (χ0v) is 15.7. The Labute approximate surface area is 153 Å². The number of benzene rings is 2. The molecule has 0 aliphatic carbocycles. The van der Waals surface area contributed by atoms with Crippen molar-refractivity contribution in [2.75, 3.05) is 7.11 Å². The van der Waals surface area contributed by atoms with Crippen LogP contribution in [0.5, 0.6) is 0 Å². The topological polar surface area (TPSA) is 43.4 Å².